The van der Waals surface area contributed by atoms with E-state index in [1.807, 2.05) is 0 Å². The monoisotopic (exact) mass is 171 g/mol. The lowest BCUT2D eigenvalue weighted by molar-refractivity contribution is 0.0692. The largest absolute Gasteiger partial charge is 0.506 e. The van der Waals surface area contributed by atoms with Gasteiger partial charge in [-0.1, -0.05) is 0 Å². The van der Waals surface area contributed by atoms with E-state index in [0.29, 0.717) is 6.07 Å². The van der Waals surface area contributed by atoms with E-state index in [2.05, 4.69) is 0 Å². The smallest absolute Gasteiger partial charge is 0.338 e. The van der Waals surface area contributed by atoms with Crippen molar-refractivity contribution in [1.29, 1.82) is 0 Å². The van der Waals surface area contributed by atoms with Gasteiger partial charge in [-0.2, -0.15) is 0 Å². The first-order valence-electron chi connectivity index (χ1n) is 3.03. The molecule has 4 nitrogen and oxygen atoms in total. The fraction of sp³-hybridized carbons (Fsp3) is 0. The second kappa shape index (κ2) is 2.69. The molecular weight excluding hydrogens is 165 g/mol. The van der Waals surface area contributed by atoms with Crippen molar-refractivity contribution in [3.8, 4) is 5.75 Å². The molecule has 0 heterocycles. The molecule has 1 rings (SSSR count). The lowest BCUT2D eigenvalue weighted by Crippen LogP contribution is -2.01. The van der Waals surface area contributed by atoms with Gasteiger partial charge >= 0.3 is 5.97 Å². The summed E-state index contributed by atoms with van der Waals surface area (Å²) in [6.45, 7) is 0. The molecule has 1 aromatic carbocycles. The van der Waals surface area contributed by atoms with Gasteiger partial charge in [-0.3, -0.25) is 0 Å². The topological polar surface area (TPSA) is 83.6 Å². The number of nitrogen functional groups attached to an aromatic ring is 1. The van der Waals surface area contributed by atoms with Crippen LogP contribution in [0.4, 0.5) is 10.1 Å². The van der Waals surface area contributed by atoms with Crippen molar-refractivity contribution in [2.24, 2.45) is 0 Å². The van der Waals surface area contributed by atoms with Gasteiger partial charge in [-0.25, -0.2) is 9.18 Å². The van der Waals surface area contributed by atoms with Gasteiger partial charge in [0, 0.05) is 6.07 Å². The van der Waals surface area contributed by atoms with E-state index in [1.54, 1.807) is 0 Å². The quantitative estimate of drug-likeness (QED) is 0.431. The Bertz CT molecular complexity index is 338. The van der Waals surface area contributed by atoms with Crippen molar-refractivity contribution in [2.45, 2.75) is 0 Å². The third-order valence-electron chi connectivity index (χ3n) is 1.35. The van der Waals surface area contributed by atoms with E-state index in [0.717, 1.165) is 6.07 Å². The number of benzene rings is 1. The van der Waals surface area contributed by atoms with Crippen LogP contribution in [0.25, 0.3) is 0 Å². The molecule has 1 aromatic rings. The maximum Gasteiger partial charge on any atom is 0.338 e. The van der Waals surface area contributed by atoms with Crippen molar-refractivity contribution in [3.63, 3.8) is 0 Å². The second-order valence-corrected chi connectivity index (χ2v) is 2.20. The summed E-state index contributed by atoms with van der Waals surface area (Å²) in [7, 11) is 0. The van der Waals surface area contributed by atoms with Gasteiger partial charge in [0.15, 0.2) is 0 Å². The molecule has 0 radical (unpaired) electrons. The minimum atomic E-state index is -1.42. The number of hydrogen-bond acceptors (Lipinski definition) is 3. The average molecular weight is 171 g/mol. The number of halogens is 1. The van der Waals surface area contributed by atoms with Crippen LogP contribution in [0.2, 0.25) is 0 Å². The highest BCUT2D eigenvalue weighted by molar-refractivity contribution is 5.89. The van der Waals surface area contributed by atoms with Crippen molar-refractivity contribution >= 4 is 11.7 Å². The van der Waals surface area contributed by atoms with Gasteiger partial charge in [0.05, 0.1) is 11.3 Å². The number of phenolic OH excluding ortho intramolecular Hbond substituents is 1. The Labute approximate surface area is 67.1 Å². The first kappa shape index (κ1) is 8.32. The number of rotatable bonds is 1. The molecule has 0 saturated carbocycles. The minimum absolute atomic E-state index is 0.159. The molecule has 0 aromatic heterocycles. The number of carboxylic acid groups (broad SMARTS) is 1. The number of carboxylic acids is 1. The Balaban J connectivity index is 3.33. The van der Waals surface area contributed by atoms with E-state index in [-0.39, 0.29) is 5.69 Å². The van der Waals surface area contributed by atoms with Crippen LogP contribution in [-0.4, -0.2) is 16.2 Å². The molecule has 5 heteroatoms. The lowest BCUT2D eigenvalue weighted by atomic mass is 10.2. The van der Waals surface area contributed by atoms with Crippen molar-refractivity contribution < 1.29 is 19.4 Å². The summed E-state index contributed by atoms with van der Waals surface area (Å²) < 4.78 is 12.7. The maximum absolute atomic E-state index is 12.7. The van der Waals surface area contributed by atoms with Crippen molar-refractivity contribution in [2.75, 3.05) is 5.73 Å². The Morgan fingerprint density at radius 2 is 2.08 bits per heavy atom. The van der Waals surface area contributed by atoms with E-state index >= 15 is 0 Å². The zero-order chi connectivity index (χ0) is 9.30. The van der Waals surface area contributed by atoms with Crippen LogP contribution in [0.15, 0.2) is 12.1 Å². The molecule has 0 aliphatic carbocycles. The molecule has 4 N–H and O–H groups in total. The first-order chi connectivity index (χ1) is 5.52. The number of hydrogen-bond donors (Lipinski definition) is 3. The lowest BCUT2D eigenvalue weighted by Gasteiger charge is -2.01. The maximum atomic E-state index is 12.7. The summed E-state index contributed by atoms with van der Waals surface area (Å²) >= 11 is 0. The summed E-state index contributed by atoms with van der Waals surface area (Å²) in [6, 6.07) is 1.53. The first-order valence-corrected chi connectivity index (χ1v) is 3.03. The van der Waals surface area contributed by atoms with Gasteiger partial charge < -0.3 is 15.9 Å². The van der Waals surface area contributed by atoms with Crippen LogP contribution in [0, 0.1) is 5.82 Å². The highest BCUT2D eigenvalue weighted by Crippen LogP contribution is 2.23. The molecule has 0 fully saturated rings. The summed E-state index contributed by atoms with van der Waals surface area (Å²) in [5.41, 5.74) is 4.44. The van der Waals surface area contributed by atoms with E-state index in [9.17, 15) is 9.18 Å². The standard InChI is InChI=1S/C7H6FNO3/c8-4-2-6(10)5(9)1-3(4)7(11)12/h1-2,10H,9H2,(H,11,12). The Morgan fingerprint density at radius 3 is 2.58 bits per heavy atom. The number of aromatic hydroxyl groups is 1. The summed E-state index contributed by atoms with van der Waals surface area (Å²) in [4.78, 5) is 10.3. The molecule has 0 amide bonds. The van der Waals surface area contributed by atoms with Crippen LogP contribution >= 0.6 is 0 Å². The van der Waals surface area contributed by atoms with Crippen LogP contribution in [0.1, 0.15) is 10.4 Å². The van der Waals surface area contributed by atoms with Gasteiger partial charge in [-0.05, 0) is 6.07 Å². The number of phenols is 1. The molecule has 0 unspecified atom stereocenters. The van der Waals surface area contributed by atoms with Gasteiger partial charge in [0.25, 0.3) is 0 Å². The second-order valence-electron chi connectivity index (χ2n) is 2.20. The number of nitrogens with two attached hydrogens (primary N) is 1. The molecule has 0 aliphatic heterocycles. The predicted molar refractivity (Wildman–Crippen MR) is 39.4 cm³/mol. The normalized spacial score (nSPS) is 9.75. The highest BCUT2D eigenvalue weighted by Gasteiger charge is 2.12. The Morgan fingerprint density at radius 1 is 1.50 bits per heavy atom. The third kappa shape index (κ3) is 1.29. The molecule has 64 valence electrons. The summed E-state index contributed by atoms with van der Waals surface area (Å²) in [5, 5.41) is 17.3. The Kier molecular flexibility index (Phi) is 1.86. The van der Waals surface area contributed by atoms with E-state index in [1.165, 1.54) is 0 Å². The van der Waals surface area contributed by atoms with Crippen LogP contribution < -0.4 is 5.73 Å². The fourth-order valence-electron chi connectivity index (χ4n) is 0.743. The van der Waals surface area contributed by atoms with Gasteiger partial charge in [0.1, 0.15) is 11.6 Å². The predicted octanol–water partition coefficient (Wildman–Crippen LogP) is 0.812. The zero-order valence-corrected chi connectivity index (χ0v) is 5.91. The number of carbonyl (C=O) groups is 1. The summed E-state index contributed by atoms with van der Waals surface area (Å²) in [6.07, 6.45) is 0. The van der Waals surface area contributed by atoms with Gasteiger partial charge in [-0.15, -0.1) is 0 Å². The van der Waals surface area contributed by atoms with E-state index in [4.69, 9.17) is 15.9 Å². The van der Waals surface area contributed by atoms with Crippen LogP contribution in [0.3, 0.4) is 0 Å². The number of anilines is 1. The summed E-state index contributed by atoms with van der Waals surface area (Å²) in [5.74, 6) is -2.88. The number of aromatic carboxylic acids is 1. The molecule has 0 saturated heterocycles. The zero-order valence-electron chi connectivity index (χ0n) is 5.91. The van der Waals surface area contributed by atoms with E-state index < -0.39 is 23.1 Å². The minimum Gasteiger partial charge on any atom is -0.506 e. The van der Waals surface area contributed by atoms with Crippen molar-refractivity contribution in [1.82, 2.24) is 0 Å². The molecule has 0 bridgehead atoms. The molecule has 0 aliphatic rings. The molecule has 0 atom stereocenters. The molecule has 12 heavy (non-hydrogen) atoms. The average Bonchev–Trinajstić information content (AvgIpc) is 1.96. The molecule has 0 spiro atoms. The SMILES string of the molecule is Nc1cc(C(=O)O)c(F)cc1O. The Hall–Kier alpha value is -1.78. The highest BCUT2D eigenvalue weighted by atomic mass is 19.1. The fourth-order valence-corrected chi connectivity index (χ4v) is 0.743. The van der Waals surface area contributed by atoms with Crippen LogP contribution in [-0.2, 0) is 0 Å². The molecular formula is C7H6FNO3. The van der Waals surface area contributed by atoms with Gasteiger partial charge in [0.2, 0.25) is 0 Å². The van der Waals surface area contributed by atoms with Crippen LogP contribution in [0.5, 0.6) is 5.75 Å². The third-order valence-corrected chi connectivity index (χ3v) is 1.35. The van der Waals surface area contributed by atoms with Crippen molar-refractivity contribution in [3.05, 3.63) is 23.5 Å².